The third-order valence-electron chi connectivity index (χ3n) is 6.41. The van der Waals surface area contributed by atoms with E-state index in [2.05, 4.69) is 0 Å². The van der Waals surface area contributed by atoms with E-state index in [9.17, 15) is 24.8 Å². The fraction of sp³-hybridized carbons (Fsp3) is 0.241. The van der Waals surface area contributed by atoms with Crippen molar-refractivity contribution in [3.63, 3.8) is 0 Å². The molecule has 0 radical (unpaired) electrons. The molecule has 38 heavy (non-hydrogen) atoms. The molecule has 1 N–H and O–H groups in total. The summed E-state index contributed by atoms with van der Waals surface area (Å²) in [5, 5.41) is 22.8. The molecule has 1 fully saturated rings. The van der Waals surface area contributed by atoms with Gasteiger partial charge in [-0.15, -0.1) is 0 Å². The van der Waals surface area contributed by atoms with Gasteiger partial charge >= 0.3 is 0 Å². The van der Waals surface area contributed by atoms with Gasteiger partial charge in [-0.3, -0.25) is 19.7 Å². The van der Waals surface area contributed by atoms with Gasteiger partial charge < -0.3 is 19.6 Å². The highest BCUT2D eigenvalue weighted by atomic mass is 16.6. The Hall–Kier alpha value is -4.50. The highest BCUT2D eigenvalue weighted by molar-refractivity contribution is 6.46. The van der Waals surface area contributed by atoms with Gasteiger partial charge in [-0.2, -0.15) is 0 Å². The number of rotatable bonds is 9. The molecule has 9 nitrogen and oxygen atoms in total. The number of nitro benzene ring substituents is 1. The van der Waals surface area contributed by atoms with Gasteiger partial charge in [0.05, 0.1) is 16.5 Å². The Morgan fingerprint density at radius 1 is 1.05 bits per heavy atom. The predicted octanol–water partition coefficient (Wildman–Crippen LogP) is 4.47. The molecule has 3 aromatic rings. The summed E-state index contributed by atoms with van der Waals surface area (Å²) < 4.78 is 5.92. The first-order valence-electron chi connectivity index (χ1n) is 12.1. The molecule has 4 rings (SSSR count). The Morgan fingerprint density at radius 2 is 1.79 bits per heavy atom. The van der Waals surface area contributed by atoms with Crippen molar-refractivity contribution in [2.24, 2.45) is 0 Å². The lowest BCUT2D eigenvalue weighted by Gasteiger charge is -2.26. The number of carbonyl (C=O) groups is 2. The van der Waals surface area contributed by atoms with Crippen molar-refractivity contribution in [3.8, 4) is 5.75 Å². The van der Waals surface area contributed by atoms with Gasteiger partial charge in [0.2, 0.25) is 0 Å². The highest BCUT2D eigenvalue weighted by Gasteiger charge is 2.46. The Kier molecular flexibility index (Phi) is 7.87. The fourth-order valence-electron chi connectivity index (χ4n) is 4.42. The first-order chi connectivity index (χ1) is 18.2. The summed E-state index contributed by atoms with van der Waals surface area (Å²) in [6.07, 6.45) is 0. The number of carbonyl (C=O) groups excluding carboxylic acids is 2. The number of aliphatic hydroxyl groups is 1. The van der Waals surface area contributed by atoms with Gasteiger partial charge in [-0.05, 0) is 55.9 Å². The summed E-state index contributed by atoms with van der Waals surface area (Å²) >= 11 is 0. The molecule has 1 amide bonds. The van der Waals surface area contributed by atoms with E-state index in [-0.39, 0.29) is 23.6 Å². The van der Waals surface area contributed by atoms with E-state index in [0.717, 1.165) is 11.1 Å². The van der Waals surface area contributed by atoms with Crippen molar-refractivity contribution >= 4 is 23.1 Å². The molecule has 0 spiro atoms. The maximum absolute atomic E-state index is 13.2. The molecule has 1 heterocycles. The number of ketones is 1. The zero-order chi connectivity index (χ0) is 27.4. The van der Waals surface area contributed by atoms with Crippen LogP contribution in [0.25, 0.3) is 5.76 Å². The lowest BCUT2D eigenvalue weighted by Crippen LogP contribution is -2.35. The van der Waals surface area contributed by atoms with Crippen molar-refractivity contribution in [1.82, 2.24) is 9.80 Å². The van der Waals surface area contributed by atoms with Gasteiger partial charge in [0.25, 0.3) is 17.4 Å². The second-order valence-corrected chi connectivity index (χ2v) is 9.40. The second-order valence-electron chi connectivity index (χ2n) is 9.40. The van der Waals surface area contributed by atoms with Crippen LogP contribution >= 0.6 is 0 Å². The molecule has 1 aliphatic heterocycles. The second kappa shape index (κ2) is 11.3. The number of hydrogen-bond donors (Lipinski definition) is 1. The number of nitrogens with zero attached hydrogens (tertiary/aromatic N) is 3. The molecular weight excluding hydrogens is 486 g/mol. The number of aliphatic hydroxyl groups excluding tert-OH is 1. The molecule has 1 aliphatic rings. The topological polar surface area (TPSA) is 113 Å². The van der Waals surface area contributed by atoms with Crippen LogP contribution in [0.3, 0.4) is 0 Å². The summed E-state index contributed by atoms with van der Waals surface area (Å²) in [7, 11) is 3.67. The Balaban J connectivity index is 1.73. The zero-order valence-electron chi connectivity index (χ0n) is 21.5. The fourth-order valence-corrected chi connectivity index (χ4v) is 4.42. The molecule has 1 saturated heterocycles. The first kappa shape index (κ1) is 26.6. The van der Waals surface area contributed by atoms with Crippen LogP contribution in [-0.2, 0) is 16.2 Å². The number of non-ortho nitro benzene ring substituents is 1. The van der Waals surface area contributed by atoms with Crippen LogP contribution in [0.15, 0.2) is 78.4 Å². The minimum Gasteiger partial charge on any atom is -0.507 e. The average molecular weight is 516 g/mol. The highest BCUT2D eigenvalue weighted by Crippen LogP contribution is 2.40. The van der Waals surface area contributed by atoms with Crippen molar-refractivity contribution in [3.05, 3.63) is 111 Å². The minimum atomic E-state index is -0.968. The van der Waals surface area contributed by atoms with Crippen LogP contribution in [0.4, 0.5) is 5.69 Å². The Labute approximate surface area is 220 Å². The van der Waals surface area contributed by atoms with Crippen LogP contribution < -0.4 is 4.74 Å². The van der Waals surface area contributed by atoms with Crippen LogP contribution in [0.5, 0.6) is 5.75 Å². The average Bonchev–Trinajstić information content (AvgIpc) is 3.16. The maximum atomic E-state index is 13.2. The molecule has 0 bridgehead atoms. The first-order valence-corrected chi connectivity index (χ1v) is 12.1. The third-order valence-corrected chi connectivity index (χ3v) is 6.41. The van der Waals surface area contributed by atoms with Gasteiger partial charge in [0.1, 0.15) is 18.1 Å². The smallest absolute Gasteiger partial charge is 0.295 e. The zero-order valence-corrected chi connectivity index (χ0v) is 21.5. The molecule has 1 atom stereocenters. The number of hydrogen-bond acceptors (Lipinski definition) is 7. The van der Waals surface area contributed by atoms with E-state index >= 15 is 0 Å². The van der Waals surface area contributed by atoms with E-state index in [1.54, 1.807) is 24.3 Å². The van der Waals surface area contributed by atoms with Gasteiger partial charge in [0.15, 0.2) is 0 Å². The predicted molar refractivity (Wildman–Crippen MR) is 143 cm³/mol. The van der Waals surface area contributed by atoms with Crippen molar-refractivity contribution in [1.29, 1.82) is 0 Å². The standard InChI is InChI=1S/C29H29N3O6/c1-19-16-22(12-13-24(19)38-18-20-8-5-4-6-9-20)27(33)25-26(21-10-7-11-23(17-21)32(36)37)31(15-14-30(2)3)29(35)28(25)34/h4-13,16-17,26,33H,14-15,18H2,1-3H3/b27-25+/t26-/m1/s1. The summed E-state index contributed by atoms with van der Waals surface area (Å²) in [6.45, 7) is 2.86. The normalized spacial score (nSPS) is 16.7. The summed E-state index contributed by atoms with van der Waals surface area (Å²) in [4.78, 5) is 40.4. The molecule has 3 aromatic carbocycles. The van der Waals surface area contributed by atoms with Crippen LogP contribution in [0, 0.1) is 17.0 Å². The number of likely N-dealkylation sites (N-methyl/N-ethyl adjacent to an activating group) is 1. The monoisotopic (exact) mass is 515 g/mol. The molecule has 9 heteroatoms. The Bertz CT molecular complexity index is 1400. The minimum absolute atomic E-state index is 0.105. The third kappa shape index (κ3) is 5.57. The van der Waals surface area contributed by atoms with Gasteiger partial charge in [0, 0.05) is 30.8 Å². The summed E-state index contributed by atoms with van der Waals surface area (Å²) in [6, 6.07) is 19.5. The maximum Gasteiger partial charge on any atom is 0.295 e. The van der Waals surface area contributed by atoms with Crippen LogP contribution in [0.1, 0.15) is 28.3 Å². The SMILES string of the molecule is Cc1cc(/C(O)=C2\C(=O)C(=O)N(CCN(C)C)[C@@H]2c2cccc([N+](=O)[O-])c2)ccc1OCc1ccccc1. The van der Waals surface area contributed by atoms with Crippen LogP contribution in [0.2, 0.25) is 0 Å². The molecule has 0 saturated carbocycles. The molecule has 0 aliphatic carbocycles. The lowest BCUT2D eigenvalue weighted by atomic mass is 9.94. The lowest BCUT2D eigenvalue weighted by molar-refractivity contribution is -0.384. The van der Waals surface area contributed by atoms with Crippen molar-refractivity contribution in [2.75, 3.05) is 27.2 Å². The van der Waals surface area contributed by atoms with E-state index in [1.807, 2.05) is 56.3 Å². The molecule has 0 aromatic heterocycles. The molecule has 196 valence electrons. The van der Waals surface area contributed by atoms with Crippen molar-refractivity contribution < 1.29 is 24.4 Å². The van der Waals surface area contributed by atoms with E-state index < -0.39 is 22.7 Å². The Morgan fingerprint density at radius 3 is 2.45 bits per heavy atom. The van der Waals surface area contributed by atoms with Gasteiger partial charge in [-0.1, -0.05) is 42.5 Å². The number of Topliss-reactive ketones (excluding diaryl/α,β-unsaturated/α-hetero) is 1. The van der Waals surface area contributed by atoms with E-state index in [4.69, 9.17) is 4.74 Å². The van der Waals surface area contributed by atoms with E-state index in [1.165, 1.54) is 23.1 Å². The number of amides is 1. The summed E-state index contributed by atoms with van der Waals surface area (Å²) in [5.41, 5.74) is 2.18. The molecular formula is C29H29N3O6. The van der Waals surface area contributed by atoms with Crippen LogP contribution in [-0.4, -0.2) is 58.7 Å². The van der Waals surface area contributed by atoms with E-state index in [0.29, 0.717) is 30.0 Å². The summed E-state index contributed by atoms with van der Waals surface area (Å²) in [5.74, 6) is -1.32. The van der Waals surface area contributed by atoms with Crippen molar-refractivity contribution in [2.45, 2.75) is 19.6 Å². The number of aryl methyl sites for hydroxylation is 1. The number of benzene rings is 3. The number of likely N-dealkylation sites (tertiary alicyclic amines) is 1. The van der Waals surface area contributed by atoms with Gasteiger partial charge in [-0.25, -0.2) is 0 Å². The number of nitro groups is 1. The quantitative estimate of drug-likeness (QED) is 0.147. The molecule has 0 unspecified atom stereocenters. The largest absolute Gasteiger partial charge is 0.507 e. The number of ether oxygens (including phenoxy) is 1.